The second-order valence-corrected chi connectivity index (χ2v) is 5.78. The summed E-state index contributed by atoms with van der Waals surface area (Å²) >= 11 is 0. The Labute approximate surface area is 117 Å². The summed E-state index contributed by atoms with van der Waals surface area (Å²) in [6.45, 7) is 5.04. The number of carbonyl (C=O) groups excluding carboxylic acids is 4. The molecule has 0 bridgehead atoms. The molecule has 2 saturated heterocycles. The molecule has 2 fully saturated rings. The van der Waals surface area contributed by atoms with Gasteiger partial charge < -0.3 is 4.90 Å². The molecule has 0 radical (unpaired) electrons. The standard InChI is InChI=1S/C13H19N3O4/c1-8-4-9(2)6-15(5-8)10(17)7-16-12(19)11(18)14(3)13(16)20/h8-9H,4-7H2,1-3H3/t8-,9-/m1/s1. The van der Waals surface area contributed by atoms with Crippen LogP contribution < -0.4 is 0 Å². The van der Waals surface area contributed by atoms with Gasteiger partial charge in [0.15, 0.2) is 0 Å². The first kappa shape index (κ1) is 14.5. The van der Waals surface area contributed by atoms with Crippen LogP contribution in [-0.2, 0) is 14.4 Å². The summed E-state index contributed by atoms with van der Waals surface area (Å²) < 4.78 is 0. The minimum absolute atomic E-state index is 0.284. The molecule has 2 atom stereocenters. The maximum Gasteiger partial charge on any atom is 0.334 e. The first-order valence-corrected chi connectivity index (χ1v) is 6.72. The molecule has 0 N–H and O–H groups in total. The second-order valence-electron chi connectivity index (χ2n) is 5.78. The Hall–Kier alpha value is -1.92. The summed E-state index contributed by atoms with van der Waals surface area (Å²) in [4.78, 5) is 50.0. The molecule has 20 heavy (non-hydrogen) atoms. The SMILES string of the molecule is C[C@@H]1C[C@@H](C)CN(C(=O)CN2C(=O)C(=O)N(C)C2=O)C1. The predicted octanol–water partition coefficient (Wildman–Crippen LogP) is -0.0885. The smallest absolute Gasteiger partial charge is 0.334 e. The van der Waals surface area contributed by atoms with E-state index in [2.05, 4.69) is 13.8 Å². The number of amides is 5. The number of hydrogen-bond acceptors (Lipinski definition) is 4. The Balaban J connectivity index is 2.03. The van der Waals surface area contributed by atoms with E-state index in [9.17, 15) is 19.2 Å². The Morgan fingerprint density at radius 3 is 2.10 bits per heavy atom. The molecule has 0 aromatic carbocycles. The van der Waals surface area contributed by atoms with Gasteiger partial charge in [-0.15, -0.1) is 0 Å². The van der Waals surface area contributed by atoms with Crippen molar-refractivity contribution in [3.8, 4) is 0 Å². The van der Waals surface area contributed by atoms with E-state index in [4.69, 9.17) is 0 Å². The fraction of sp³-hybridized carbons (Fsp3) is 0.692. The van der Waals surface area contributed by atoms with E-state index in [1.807, 2.05) is 0 Å². The van der Waals surface area contributed by atoms with Crippen LogP contribution >= 0.6 is 0 Å². The quantitative estimate of drug-likeness (QED) is 0.523. The first-order valence-electron chi connectivity index (χ1n) is 6.72. The molecule has 7 nitrogen and oxygen atoms in total. The molecule has 0 saturated carbocycles. The highest BCUT2D eigenvalue weighted by atomic mass is 16.2. The third-order valence-electron chi connectivity index (χ3n) is 3.77. The van der Waals surface area contributed by atoms with Gasteiger partial charge in [0.2, 0.25) is 5.91 Å². The number of nitrogens with zero attached hydrogens (tertiary/aromatic N) is 3. The van der Waals surface area contributed by atoms with Crippen LogP contribution in [0.5, 0.6) is 0 Å². The number of rotatable bonds is 2. The maximum absolute atomic E-state index is 12.2. The third kappa shape index (κ3) is 2.52. The van der Waals surface area contributed by atoms with E-state index in [-0.39, 0.29) is 12.5 Å². The molecule has 0 spiro atoms. The molecule has 2 heterocycles. The maximum atomic E-state index is 12.2. The van der Waals surface area contributed by atoms with Gasteiger partial charge in [0.1, 0.15) is 6.54 Å². The van der Waals surface area contributed by atoms with Crippen molar-refractivity contribution in [2.24, 2.45) is 11.8 Å². The van der Waals surface area contributed by atoms with Crippen molar-refractivity contribution >= 4 is 23.8 Å². The van der Waals surface area contributed by atoms with Gasteiger partial charge in [0.05, 0.1) is 0 Å². The monoisotopic (exact) mass is 281 g/mol. The minimum atomic E-state index is -0.927. The normalized spacial score (nSPS) is 27.6. The summed E-state index contributed by atoms with van der Waals surface area (Å²) in [5.41, 5.74) is 0. The highest BCUT2D eigenvalue weighted by molar-refractivity contribution is 6.44. The van der Waals surface area contributed by atoms with Crippen LogP contribution in [0.3, 0.4) is 0 Å². The highest BCUT2D eigenvalue weighted by Gasteiger charge is 2.43. The van der Waals surface area contributed by atoms with E-state index in [1.54, 1.807) is 4.90 Å². The number of hydrogen-bond donors (Lipinski definition) is 0. The number of piperidine rings is 1. The van der Waals surface area contributed by atoms with E-state index in [0.717, 1.165) is 11.3 Å². The average Bonchev–Trinajstić information content (AvgIpc) is 2.55. The van der Waals surface area contributed by atoms with Crippen molar-refractivity contribution in [1.82, 2.24) is 14.7 Å². The molecular weight excluding hydrogens is 262 g/mol. The molecule has 7 heteroatoms. The highest BCUT2D eigenvalue weighted by Crippen LogP contribution is 2.21. The van der Waals surface area contributed by atoms with Gasteiger partial charge in [0, 0.05) is 20.1 Å². The number of carbonyl (C=O) groups is 4. The number of likely N-dealkylation sites (tertiary alicyclic amines) is 1. The molecule has 2 aliphatic rings. The molecule has 0 aromatic rings. The number of urea groups is 1. The lowest BCUT2D eigenvalue weighted by molar-refractivity contribution is -0.145. The third-order valence-corrected chi connectivity index (χ3v) is 3.77. The Bertz CT molecular complexity index is 466. The van der Waals surface area contributed by atoms with E-state index in [0.29, 0.717) is 29.8 Å². The average molecular weight is 281 g/mol. The van der Waals surface area contributed by atoms with Crippen molar-refractivity contribution in [1.29, 1.82) is 0 Å². The fourth-order valence-corrected chi connectivity index (χ4v) is 2.85. The van der Waals surface area contributed by atoms with Gasteiger partial charge in [-0.1, -0.05) is 13.8 Å². The van der Waals surface area contributed by atoms with E-state index < -0.39 is 17.8 Å². The van der Waals surface area contributed by atoms with Crippen molar-refractivity contribution in [2.75, 3.05) is 26.7 Å². The van der Waals surface area contributed by atoms with Gasteiger partial charge in [-0.2, -0.15) is 0 Å². The molecule has 5 amide bonds. The summed E-state index contributed by atoms with van der Waals surface area (Å²) in [7, 11) is 1.23. The zero-order valence-electron chi connectivity index (χ0n) is 12.0. The number of likely N-dealkylation sites (N-methyl/N-ethyl adjacent to an activating group) is 1. The molecule has 110 valence electrons. The molecule has 0 aromatic heterocycles. The van der Waals surface area contributed by atoms with Crippen LogP contribution in [0.1, 0.15) is 20.3 Å². The van der Waals surface area contributed by atoms with Gasteiger partial charge in [-0.3, -0.25) is 19.3 Å². The lowest BCUT2D eigenvalue weighted by atomic mass is 9.92. The predicted molar refractivity (Wildman–Crippen MR) is 69.4 cm³/mol. The zero-order chi connectivity index (χ0) is 15.0. The molecule has 2 rings (SSSR count). The van der Waals surface area contributed by atoms with E-state index in [1.165, 1.54) is 7.05 Å². The molecular formula is C13H19N3O4. The van der Waals surface area contributed by atoms with Gasteiger partial charge in [-0.05, 0) is 18.3 Å². The summed E-state index contributed by atoms with van der Waals surface area (Å²) in [5.74, 6) is -1.30. The van der Waals surface area contributed by atoms with Crippen molar-refractivity contribution in [3.05, 3.63) is 0 Å². The Kier molecular flexibility index (Phi) is 3.78. The van der Waals surface area contributed by atoms with Crippen molar-refractivity contribution in [2.45, 2.75) is 20.3 Å². The summed E-state index contributed by atoms with van der Waals surface area (Å²) in [6, 6.07) is -0.730. The molecule has 0 aliphatic carbocycles. The number of imide groups is 2. The van der Waals surface area contributed by atoms with E-state index >= 15 is 0 Å². The Morgan fingerprint density at radius 2 is 1.65 bits per heavy atom. The summed E-state index contributed by atoms with van der Waals surface area (Å²) in [6.07, 6.45) is 1.06. The zero-order valence-corrected chi connectivity index (χ0v) is 12.0. The van der Waals surface area contributed by atoms with Crippen molar-refractivity contribution in [3.63, 3.8) is 0 Å². The fourth-order valence-electron chi connectivity index (χ4n) is 2.85. The van der Waals surface area contributed by atoms with Gasteiger partial charge in [-0.25, -0.2) is 9.69 Å². The van der Waals surface area contributed by atoms with Crippen LogP contribution in [0, 0.1) is 11.8 Å². The minimum Gasteiger partial charge on any atom is -0.341 e. The van der Waals surface area contributed by atoms with Crippen LogP contribution in [0.25, 0.3) is 0 Å². The lowest BCUT2D eigenvalue weighted by Crippen LogP contribution is -2.48. The lowest BCUT2D eigenvalue weighted by Gasteiger charge is -2.35. The van der Waals surface area contributed by atoms with Crippen LogP contribution in [0.15, 0.2) is 0 Å². The van der Waals surface area contributed by atoms with Gasteiger partial charge >= 0.3 is 17.8 Å². The molecule has 0 unspecified atom stereocenters. The van der Waals surface area contributed by atoms with Crippen LogP contribution in [0.4, 0.5) is 4.79 Å². The van der Waals surface area contributed by atoms with Crippen molar-refractivity contribution < 1.29 is 19.2 Å². The first-order chi connectivity index (χ1) is 9.31. The largest absolute Gasteiger partial charge is 0.341 e. The molecule has 2 aliphatic heterocycles. The topological polar surface area (TPSA) is 78.0 Å². The van der Waals surface area contributed by atoms with Crippen LogP contribution in [-0.4, -0.2) is 65.1 Å². The summed E-state index contributed by atoms with van der Waals surface area (Å²) in [5, 5.41) is 0. The van der Waals surface area contributed by atoms with Gasteiger partial charge in [0.25, 0.3) is 0 Å². The second kappa shape index (κ2) is 5.22. The Morgan fingerprint density at radius 1 is 1.10 bits per heavy atom. The van der Waals surface area contributed by atoms with Crippen LogP contribution in [0.2, 0.25) is 0 Å².